The molecule has 0 saturated heterocycles. The number of ether oxygens (including phenoxy) is 1. The third-order valence-electron chi connectivity index (χ3n) is 2.81. The van der Waals surface area contributed by atoms with E-state index in [4.69, 9.17) is 10.00 Å². The van der Waals surface area contributed by atoms with Crippen molar-refractivity contribution >= 4 is 0 Å². The highest BCUT2D eigenvalue weighted by Crippen LogP contribution is 2.29. The number of nitriles is 2. The van der Waals surface area contributed by atoms with Crippen molar-refractivity contribution in [3.63, 3.8) is 0 Å². The Bertz CT molecular complexity index is 678. The Kier molecular flexibility index (Phi) is 3.81. The molecule has 0 radical (unpaired) electrons. The van der Waals surface area contributed by atoms with Gasteiger partial charge >= 0.3 is 0 Å². The summed E-state index contributed by atoms with van der Waals surface area (Å²) in [6, 6.07) is 17.1. The Balaban J connectivity index is 2.42. The molecule has 0 unspecified atom stereocenters. The predicted octanol–water partition coefficient (Wildman–Crippen LogP) is 3.73. The van der Waals surface area contributed by atoms with Crippen LogP contribution in [0, 0.1) is 29.6 Å². The molecule has 0 N–H and O–H groups in total. The zero-order valence-corrected chi connectivity index (χ0v) is 10.6. The molecule has 2 rings (SSSR count). The van der Waals surface area contributed by atoms with Gasteiger partial charge in [-0.25, -0.2) is 0 Å². The summed E-state index contributed by atoms with van der Waals surface area (Å²) in [6.07, 6.45) is 0.202. The average Bonchev–Trinajstić information content (AvgIpc) is 2.42. The minimum atomic E-state index is 0.202. The van der Waals surface area contributed by atoms with Crippen LogP contribution in [0.2, 0.25) is 0 Å². The maximum absolute atomic E-state index is 9.23. The Morgan fingerprint density at radius 1 is 1.00 bits per heavy atom. The molecule has 0 spiro atoms. The van der Waals surface area contributed by atoms with E-state index in [9.17, 15) is 5.26 Å². The molecule has 0 amide bonds. The molecular weight excluding hydrogens is 236 g/mol. The van der Waals surface area contributed by atoms with E-state index in [0.717, 1.165) is 5.56 Å². The highest BCUT2D eigenvalue weighted by atomic mass is 16.5. The zero-order chi connectivity index (χ0) is 13.7. The molecule has 92 valence electrons. The van der Waals surface area contributed by atoms with Crippen LogP contribution in [0.5, 0.6) is 11.5 Å². The molecule has 0 bridgehead atoms. The lowest BCUT2D eigenvalue weighted by Gasteiger charge is -2.11. The van der Waals surface area contributed by atoms with Crippen molar-refractivity contribution in [2.45, 2.75) is 13.3 Å². The summed E-state index contributed by atoms with van der Waals surface area (Å²) < 4.78 is 5.79. The van der Waals surface area contributed by atoms with Crippen molar-refractivity contribution in [1.29, 1.82) is 10.5 Å². The number of rotatable bonds is 3. The van der Waals surface area contributed by atoms with Crippen LogP contribution >= 0.6 is 0 Å². The van der Waals surface area contributed by atoms with Crippen LogP contribution in [-0.4, -0.2) is 0 Å². The van der Waals surface area contributed by atoms with Crippen molar-refractivity contribution in [2.24, 2.45) is 0 Å². The van der Waals surface area contributed by atoms with Crippen LogP contribution in [0.3, 0.4) is 0 Å². The van der Waals surface area contributed by atoms with Crippen molar-refractivity contribution in [3.05, 3.63) is 59.2 Å². The van der Waals surface area contributed by atoms with Gasteiger partial charge < -0.3 is 4.74 Å². The fourth-order valence-corrected chi connectivity index (χ4v) is 1.81. The summed E-state index contributed by atoms with van der Waals surface area (Å²) in [7, 11) is 0. The first kappa shape index (κ1) is 12.7. The number of aryl methyl sites for hydroxylation is 1. The van der Waals surface area contributed by atoms with Gasteiger partial charge in [-0.1, -0.05) is 30.3 Å². The van der Waals surface area contributed by atoms with Gasteiger partial charge in [-0.2, -0.15) is 10.5 Å². The summed E-state index contributed by atoms with van der Waals surface area (Å²) in [4.78, 5) is 0. The maximum atomic E-state index is 9.23. The standard InChI is InChI=1S/C16H12N2O/c1-12-5-2-3-7-15(12)19-16-8-4-6-13(9-10-17)14(16)11-18/h2-8H,9H2,1H3. The minimum absolute atomic E-state index is 0.202. The molecule has 0 saturated carbocycles. The molecule has 0 aromatic heterocycles. The van der Waals surface area contributed by atoms with Crippen molar-refractivity contribution in [2.75, 3.05) is 0 Å². The topological polar surface area (TPSA) is 56.8 Å². The SMILES string of the molecule is Cc1ccccc1Oc1cccc(CC#N)c1C#N. The number of hydrogen-bond acceptors (Lipinski definition) is 3. The van der Waals surface area contributed by atoms with Gasteiger partial charge in [0.25, 0.3) is 0 Å². The minimum Gasteiger partial charge on any atom is -0.456 e. The molecule has 3 heteroatoms. The van der Waals surface area contributed by atoms with E-state index < -0.39 is 0 Å². The van der Waals surface area contributed by atoms with E-state index in [1.807, 2.05) is 31.2 Å². The van der Waals surface area contributed by atoms with Gasteiger partial charge in [-0.05, 0) is 30.2 Å². The van der Waals surface area contributed by atoms with E-state index in [2.05, 4.69) is 12.1 Å². The first-order valence-corrected chi connectivity index (χ1v) is 5.88. The van der Waals surface area contributed by atoms with Gasteiger partial charge in [0, 0.05) is 0 Å². The van der Waals surface area contributed by atoms with Gasteiger partial charge in [0.1, 0.15) is 17.6 Å². The fraction of sp³-hybridized carbons (Fsp3) is 0.125. The maximum Gasteiger partial charge on any atom is 0.145 e. The molecular formula is C16H12N2O. The molecule has 19 heavy (non-hydrogen) atoms. The Morgan fingerprint density at radius 3 is 2.42 bits per heavy atom. The second-order valence-electron chi connectivity index (χ2n) is 4.10. The molecule has 2 aromatic carbocycles. The van der Waals surface area contributed by atoms with E-state index in [0.29, 0.717) is 22.6 Å². The van der Waals surface area contributed by atoms with Crippen LogP contribution in [0.1, 0.15) is 16.7 Å². The lowest BCUT2D eigenvalue weighted by atomic mass is 10.1. The van der Waals surface area contributed by atoms with Gasteiger partial charge in [0.05, 0.1) is 18.1 Å². The molecule has 0 aliphatic heterocycles. The van der Waals surface area contributed by atoms with Crippen molar-refractivity contribution < 1.29 is 4.74 Å². The lowest BCUT2D eigenvalue weighted by Crippen LogP contribution is -1.95. The Hall–Kier alpha value is -2.78. The number of benzene rings is 2. The first-order chi connectivity index (χ1) is 9.26. The van der Waals surface area contributed by atoms with Crippen molar-refractivity contribution in [1.82, 2.24) is 0 Å². The second-order valence-corrected chi connectivity index (χ2v) is 4.10. The third kappa shape index (κ3) is 2.73. The van der Waals surface area contributed by atoms with E-state index in [1.54, 1.807) is 18.2 Å². The van der Waals surface area contributed by atoms with E-state index in [1.165, 1.54) is 0 Å². The second kappa shape index (κ2) is 5.71. The zero-order valence-electron chi connectivity index (χ0n) is 10.6. The summed E-state index contributed by atoms with van der Waals surface area (Å²) in [6.45, 7) is 1.94. The molecule has 0 heterocycles. The van der Waals surface area contributed by atoms with Crippen molar-refractivity contribution in [3.8, 4) is 23.6 Å². The summed E-state index contributed by atoms with van der Waals surface area (Å²) >= 11 is 0. The van der Waals surface area contributed by atoms with Gasteiger partial charge in [0.2, 0.25) is 0 Å². The molecule has 2 aromatic rings. The van der Waals surface area contributed by atoms with Crippen LogP contribution in [-0.2, 0) is 6.42 Å². The number of hydrogen-bond donors (Lipinski definition) is 0. The van der Waals surface area contributed by atoms with E-state index >= 15 is 0 Å². The lowest BCUT2D eigenvalue weighted by molar-refractivity contribution is 0.477. The van der Waals surface area contributed by atoms with Gasteiger partial charge in [0.15, 0.2) is 0 Å². The summed E-state index contributed by atoms with van der Waals surface area (Å²) in [5.41, 5.74) is 2.11. The van der Waals surface area contributed by atoms with Gasteiger partial charge in [-0.15, -0.1) is 0 Å². The molecule has 0 fully saturated rings. The Morgan fingerprint density at radius 2 is 1.74 bits per heavy atom. The fourth-order valence-electron chi connectivity index (χ4n) is 1.81. The smallest absolute Gasteiger partial charge is 0.145 e. The van der Waals surface area contributed by atoms with Crippen LogP contribution in [0.15, 0.2) is 42.5 Å². The monoisotopic (exact) mass is 248 g/mol. The molecule has 0 aliphatic rings. The molecule has 0 atom stereocenters. The highest BCUT2D eigenvalue weighted by molar-refractivity contribution is 5.51. The summed E-state index contributed by atoms with van der Waals surface area (Å²) in [5.74, 6) is 1.21. The Labute approximate surface area is 112 Å². The van der Waals surface area contributed by atoms with Gasteiger partial charge in [-0.3, -0.25) is 0 Å². The highest BCUT2D eigenvalue weighted by Gasteiger charge is 2.10. The quantitative estimate of drug-likeness (QED) is 0.831. The normalized spacial score (nSPS) is 9.42. The van der Waals surface area contributed by atoms with Crippen LogP contribution < -0.4 is 4.74 Å². The third-order valence-corrected chi connectivity index (χ3v) is 2.81. The number of para-hydroxylation sites is 1. The predicted molar refractivity (Wildman–Crippen MR) is 71.7 cm³/mol. The summed E-state index contributed by atoms with van der Waals surface area (Å²) in [5, 5.41) is 18.0. The largest absolute Gasteiger partial charge is 0.456 e. The molecule has 3 nitrogen and oxygen atoms in total. The van der Waals surface area contributed by atoms with Crippen LogP contribution in [0.4, 0.5) is 0 Å². The average molecular weight is 248 g/mol. The molecule has 0 aliphatic carbocycles. The van der Waals surface area contributed by atoms with E-state index in [-0.39, 0.29) is 6.42 Å². The number of nitrogens with zero attached hydrogens (tertiary/aromatic N) is 2. The first-order valence-electron chi connectivity index (χ1n) is 5.88. The van der Waals surface area contributed by atoms with Crippen LogP contribution in [0.25, 0.3) is 0 Å².